The molecule has 39 heavy (non-hydrogen) atoms. The molecule has 0 bridgehead atoms. The van der Waals surface area contributed by atoms with Crippen LogP contribution in [-0.2, 0) is 23.9 Å². The fraction of sp³-hybridized carbons (Fsp3) is 0.848. The first-order valence-corrected chi connectivity index (χ1v) is 15.4. The van der Waals surface area contributed by atoms with Gasteiger partial charge >= 0.3 is 11.9 Å². The molecule has 0 heterocycles. The van der Waals surface area contributed by atoms with Crippen molar-refractivity contribution in [2.24, 2.45) is 46.3 Å². The van der Waals surface area contributed by atoms with Crippen LogP contribution in [0.2, 0.25) is 0 Å². The Hall–Kier alpha value is -1.69. The molecule has 220 valence electrons. The maximum Gasteiger partial charge on any atom is 0.302 e. The molecule has 0 aromatic carbocycles. The standard InChI is InChI=1S/C33H52O6/c1-9-19(2)20(3)28(36)18-33(8,37)30-11-10-25-24-17-29(39-22(5)35)27-16-23(38-21(4)34)12-14-31(27,6)26(24)13-15-32(25,30)7/h13,19-20,23-25,27,29-30,37H,9-12,14-18H2,1-8H3/t19?,20?,23-,24-,25-,27+,29-,30-,31+,32-,33-/m0/s1. The van der Waals surface area contributed by atoms with Crippen LogP contribution in [0.15, 0.2) is 11.6 Å². The van der Waals surface area contributed by atoms with Crippen molar-refractivity contribution < 1.29 is 29.0 Å². The van der Waals surface area contributed by atoms with Crippen LogP contribution >= 0.6 is 0 Å². The molecule has 0 aromatic rings. The van der Waals surface area contributed by atoms with Crippen molar-refractivity contribution >= 4 is 17.7 Å². The zero-order valence-electron chi connectivity index (χ0n) is 25.5. The molecule has 3 fully saturated rings. The van der Waals surface area contributed by atoms with Crippen LogP contribution in [0.1, 0.15) is 113 Å². The van der Waals surface area contributed by atoms with Gasteiger partial charge in [-0.15, -0.1) is 0 Å². The Morgan fingerprint density at radius 2 is 1.72 bits per heavy atom. The first-order valence-electron chi connectivity index (χ1n) is 15.4. The van der Waals surface area contributed by atoms with Crippen LogP contribution in [0.4, 0.5) is 0 Å². The third kappa shape index (κ3) is 5.48. The van der Waals surface area contributed by atoms with E-state index in [2.05, 4.69) is 33.8 Å². The summed E-state index contributed by atoms with van der Waals surface area (Å²) >= 11 is 0. The summed E-state index contributed by atoms with van der Waals surface area (Å²) in [6, 6.07) is 0. The molecule has 0 saturated heterocycles. The van der Waals surface area contributed by atoms with Gasteiger partial charge in [-0.2, -0.15) is 0 Å². The monoisotopic (exact) mass is 544 g/mol. The van der Waals surface area contributed by atoms with Crippen molar-refractivity contribution in [2.45, 2.75) is 131 Å². The molecule has 4 rings (SSSR count). The second-order valence-corrected chi connectivity index (χ2v) is 14.3. The molecule has 0 radical (unpaired) electrons. The summed E-state index contributed by atoms with van der Waals surface area (Å²) in [5.41, 5.74) is 0.215. The topological polar surface area (TPSA) is 89.9 Å². The summed E-state index contributed by atoms with van der Waals surface area (Å²) in [4.78, 5) is 37.1. The summed E-state index contributed by atoms with van der Waals surface area (Å²) < 4.78 is 11.6. The maximum atomic E-state index is 13.2. The molecule has 6 heteroatoms. The molecule has 4 aliphatic rings. The number of hydrogen-bond acceptors (Lipinski definition) is 6. The van der Waals surface area contributed by atoms with E-state index in [1.807, 2.05) is 13.8 Å². The van der Waals surface area contributed by atoms with Gasteiger partial charge in [-0.25, -0.2) is 0 Å². The Kier molecular flexibility index (Phi) is 8.50. The molecule has 2 unspecified atom stereocenters. The van der Waals surface area contributed by atoms with Gasteiger partial charge in [0.05, 0.1) is 5.60 Å². The van der Waals surface area contributed by atoms with E-state index in [4.69, 9.17) is 9.47 Å². The van der Waals surface area contributed by atoms with E-state index in [9.17, 15) is 19.5 Å². The maximum absolute atomic E-state index is 13.2. The van der Waals surface area contributed by atoms with Crippen molar-refractivity contribution in [1.82, 2.24) is 0 Å². The van der Waals surface area contributed by atoms with Crippen molar-refractivity contribution in [3.05, 3.63) is 11.6 Å². The second-order valence-electron chi connectivity index (χ2n) is 14.3. The summed E-state index contributed by atoms with van der Waals surface area (Å²) in [6.07, 6.45) is 9.29. The van der Waals surface area contributed by atoms with E-state index in [0.29, 0.717) is 18.3 Å². The number of Topliss-reactive ketones (excluding diaryl/α,β-unsaturated/α-hetero) is 1. The lowest BCUT2D eigenvalue weighted by Crippen LogP contribution is -2.56. The number of carbonyl (C=O) groups is 3. The summed E-state index contributed by atoms with van der Waals surface area (Å²) in [5.74, 6) is 0.731. The number of fused-ring (bicyclic) bond motifs is 5. The summed E-state index contributed by atoms with van der Waals surface area (Å²) in [5, 5.41) is 11.8. The largest absolute Gasteiger partial charge is 0.463 e. The van der Waals surface area contributed by atoms with E-state index in [1.54, 1.807) is 0 Å². The minimum absolute atomic E-state index is 0.0401. The van der Waals surface area contributed by atoms with Gasteiger partial charge in [0.15, 0.2) is 0 Å². The molecule has 6 nitrogen and oxygen atoms in total. The quantitative estimate of drug-likeness (QED) is 0.280. The van der Waals surface area contributed by atoms with Crippen molar-refractivity contribution in [3.63, 3.8) is 0 Å². The molecular weight excluding hydrogens is 492 g/mol. The van der Waals surface area contributed by atoms with Gasteiger partial charge in [-0.1, -0.05) is 52.7 Å². The van der Waals surface area contributed by atoms with Crippen molar-refractivity contribution in [1.29, 1.82) is 0 Å². The molecule has 11 atom stereocenters. The first-order chi connectivity index (χ1) is 18.1. The van der Waals surface area contributed by atoms with Crippen LogP contribution in [-0.4, -0.2) is 40.6 Å². The number of ether oxygens (including phenoxy) is 2. The molecule has 1 N–H and O–H groups in total. The highest BCUT2D eigenvalue weighted by Gasteiger charge is 2.62. The average Bonchev–Trinajstić information content (AvgIpc) is 3.21. The van der Waals surface area contributed by atoms with Gasteiger partial charge in [0.25, 0.3) is 0 Å². The Labute approximate surface area is 235 Å². The van der Waals surface area contributed by atoms with E-state index in [1.165, 1.54) is 19.4 Å². The SMILES string of the molecule is CCC(C)C(C)C(=O)C[C@](C)(O)[C@H]1CC[C@H]2[C@@H]3C[C@H](OC(C)=O)[C@H]4C[C@@H](OC(C)=O)CC[C@]4(C)C3=CC[C@@]21C. The molecule has 0 aromatic heterocycles. The summed E-state index contributed by atoms with van der Waals surface area (Å²) in [7, 11) is 0. The van der Waals surface area contributed by atoms with Crippen LogP contribution in [0.5, 0.6) is 0 Å². The van der Waals surface area contributed by atoms with Gasteiger partial charge < -0.3 is 14.6 Å². The van der Waals surface area contributed by atoms with Crippen molar-refractivity contribution in [2.75, 3.05) is 0 Å². The zero-order chi connectivity index (χ0) is 28.9. The molecule has 0 amide bonds. The number of allylic oxidation sites excluding steroid dienone is 2. The lowest BCUT2D eigenvalue weighted by molar-refractivity contribution is -0.168. The lowest BCUT2D eigenvalue weighted by atomic mass is 9.47. The predicted molar refractivity (Wildman–Crippen MR) is 151 cm³/mol. The molecular formula is C33H52O6. The fourth-order valence-electron chi connectivity index (χ4n) is 9.52. The highest BCUT2D eigenvalue weighted by atomic mass is 16.5. The zero-order valence-corrected chi connectivity index (χ0v) is 25.5. The molecule has 3 saturated carbocycles. The van der Waals surface area contributed by atoms with E-state index >= 15 is 0 Å². The minimum atomic E-state index is -1.05. The molecule has 4 aliphatic carbocycles. The summed E-state index contributed by atoms with van der Waals surface area (Å²) in [6.45, 7) is 15.7. The molecule has 0 spiro atoms. The van der Waals surface area contributed by atoms with E-state index in [-0.39, 0.29) is 70.9 Å². The number of esters is 2. The number of hydrogen-bond donors (Lipinski definition) is 1. The highest BCUT2D eigenvalue weighted by molar-refractivity contribution is 5.82. The Morgan fingerprint density at radius 3 is 2.33 bits per heavy atom. The number of rotatable bonds is 8. The van der Waals surface area contributed by atoms with Crippen LogP contribution < -0.4 is 0 Å². The second kappa shape index (κ2) is 10.9. The Balaban J connectivity index is 1.61. The van der Waals surface area contributed by atoms with Gasteiger partial charge in [-0.05, 0) is 86.4 Å². The minimum Gasteiger partial charge on any atom is -0.463 e. The van der Waals surface area contributed by atoms with E-state index in [0.717, 1.165) is 44.9 Å². The normalized spacial score (nSPS) is 40.6. The van der Waals surface area contributed by atoms with Gasteiger partial charge in [-0.3, -0.25) is 14.4 Å². The van der Waals surface area contributed by atoms with Crippen LogP contribution in [0.3, 0.4) is 0 Å². The number of ketones is 1. The smallest absolute Gasteiger partial charge is 0.302 e. The average molecular weight is 545 g/mol. The number of carbonyl (C=O) groups excluding carboxylic acids is 3. The third-order valence-electron chi connectivity index (χ3n) is 11.9. The van der Waals surface area contributed by atoms with Gasteiger partial charge in [0, 0.05) is 32.1 Å². The van der Waals surface area contributed by atoms with Crippen LogP contribution in [0.25, 0.3) is 0 Å². The predicted octanol–water partition coefficient (Wildman–Crippen LogP) is 6.43. The van der Waals surface area contributed by atoms with E-state index < -0.39 is 5.60 Å². The first kappa shape index (κ1) is 30.3. The highest BCUT2D eigenvalue weighted by Crippen LogP contribution is 2.67. The lowest BCUT2D eigenvalue weighted by Gasteiger charge is -2.59. The fourth-order valence-corrected chi connectivity index (χ4v) is 9.52. The van der Waals surface area contributed by atoms with Gasteiger partial charge in [0.1, 0.15) is 18.0 Å². The third-order valence-corrected chi connectivity index (χ3v) is 11.9. The van der Waals surface area contributed by atoms with Gasteiger partial charge in [0.2, 0.25) is 0 Å². The van der Waals surface area contributed by atoms with Crippen LogP contribution in [0, 0.1) is 46.3 Å². The number of aliphatic hydroxyl groups is 1. The molecule has 0 aliphatic heterocycles. The Bertz CT molecular complexity index is 998. The van der Waals surface area contributed by atoms with Crippen molar-refractivity contribution in [3.8, 4) is 0 Å². The Morgan fingerprint density at radius 1 is 1.05 bits per heavy atom.